The van der Waals surface area contributed by atoms with Crippen LogP contribution in [-0.2, 0) is 7.05 Å². The summed E-state index contributed by atoms with van der Waals surface area (Å²) in [5.41, 5.74) is 3.64. The van der Waals surface area contributed by atoms with Crippen LogP contribution in [0.5, 0.6) is 0 Å². The lowest BCUT2D eigenvalue weighted by Crippen LogP contribution is -1.92. The Balaban J connectivity index is 1.87. The number of nitrogens with zero attached hydrogens (tertiary/aromatic N) is 5. The van der Waals surface area contributed by atoms with Gasteiger partial charge in [-0.15, -0.1) is 10.2 Å². The van der Waals surface area contributed by atoms with Gasteiger partial charge in [0.1, 0.15) is 5.52 Å². The maximum absolute atomic E-state index is 6.38. The van der Waals surface area contributed by atoms with E-state index in [0.29, 0.717) is 15.9 Å². The molecule has 0 bridgehead atoms. The van der Waals surface area contributed by atoms with Gasteiger partial charge in [0.2, 0.25) is 0 Å². The molecule has 8 heteroatoms. The number of aromatic amines is 1. The van der Waals surface area contributed by atoms with Gasteiger partial charge in [-0.1, -0.05) is 47.5 Å². The predicted molar refractivity (Wildman–Crippen MR) is 99.3 cm³/mol. The van der Waals surface area contributed by atoms with Crippen molar-refractivity contribution in [1.82, 2.24) is 30.4 Å². The monoisotopic (exact) mass is 370 g/mol. The Hall–Kier alpha value is -2.70. The maximum Gasteiger partial charge on any atom is 0.197 e. The lowest BCUT2D eigenvalue weighted by Gasteiger charge is -2.05. The van der Waals surface area contributed by atoms with Crippen molar-refractivity contribution in [3.8, 4) is 11.1 Å². The Morgan fingerprint density at radius 2 is 1.96 bits per heavy atom. The van der Waals surface area contributed by atoms with E-state index in [4.69, 9.17) is 23.2 Å². The van der Waals surface area contributed by atoms with Crippen LogP contribution in [0, 0.1) is 0 Å². The summed E-state index contributed by atoms with van der Waals surface area (Å²) in [6, 6.07) is 11.5. The highest BCUT2D eigenvalue weighted by Gasteiger charge is 2.14. The van der Waals surface area contributed by atoms with Crippen molar-refractivity contribution in [2.24, 2.45) is 7.05 Å². The van der Waals surface area contributed by atoms with E-state index in [0.717, 1.165) is 27.7 Å². The molecular weight excluding hydrogens is 359 g/mol. The molecule has 0 aliphatic rings. The molecule has 2 aromatic heterocycles. The number of H-pyrrole nitrogens is 1. The molecule has 0 radical (unpaired) electrons. The zero-order valence-electron chi connectivity index (χ0n) is 13.1. The van der Waals surface area contributed by atoms with E-state index in [2.05, 4.69) is 25.7 Å². The molecule has 2 aromatic carbocycles. The molecule has 4 aromatic rings. The third-order valence-corrected chi connectivity index (χ3v) is 4.43. The summed E-state index contributed by atoms with van der Waals surface area (Å²) >= 11 is 12.4. The van der Waals surface area contributed by atoms with E-state index in [1.165, 1.54) is 0 Å². The fourth-order valence-corrected chi connectivity index (χ4v) is 3.26. The van der Waals surface area contributed by atoms with Crippen LogP contribution in [-0.4, -0.2) is 30.4 Å². The summed E-state index contributed by atoms with van der Waals surface area (Å²) < 4.78 is 1.81. The van der Waals surface area contributed by atoms with Gasteiger partial charge in [0, 0.05) is 33.6 Å². The van der Waals surface area contributed by atoms with Crippen LogP contribution >= 0.6 is 23.2 Å². The number of rotatable bonds is 3. The van der Waals surface area contributed by atoms with Gasteiger partial charge in [-0.25, -0.2) is 0 Å². The number of aryl methyl sites for hydroxylation is 1. The number of tetrazole rings is 1. The first-order chi connectivity index (χ1) is 12.1. The van der Waals surface area contributed by atoms with Crippen molar-refractivity contribution in [3.63, 3.8) is 0 Å². The number of aromatic nitrogens is 6. The summed E-state index contributed by atoms with van der Waals surface area (Å²) in [7, 11) is 1.89. The minimum Gasteiger partial charge on any atom is -0.267 e. The smallest absolute Gasteiger partial charge is 0.197 e. The number of hydrogen-bond donors (Lipinski definition) is 1. The van der Waals surface area contributed by atoms with E-state index in [1.807, 2.05) is 48.1 Å². The molecule has 0 unspecified atom stereocenters. The molecule has 0 spiro atoms. The molecule has 0 aliphatic carbocycles. The van der Waals surface area contributed by atoms with E-state index >= 15 is 0 Å². The van der Waals surface area contributed by atoms with Crippen LogP contribution in [0.4, 0.5) is 0 Å². The number of nitrogens with one attached hydrogen (secondary N) is 1. The van der Waals surface area contributed by atoms with Gasteiger partial charge >= 0.3 is 0 Å². The van der Waals surface area contributed by atoms with Crippen molar-refractivity contribution in [3.05, 3.63) is 58.0 Å². The topological polar surface area (TPSA) is 72.3 Å². The molecule has 2 heterocycles. The average molecular weight is 371 g/mol. The van der Waals surface area contributed by atoms with Crippen molar-refractivity contribution >= 4 is 46.3 Å². The minimum atomic E-state index is 0.506. The summed E-state index contributed by atoms with van der Waals surface area (Å²) in [6.07, 6.45) is 3.69. The molecule has 0 saturated heterocycles. The molecule has 0 aliphatic heterocycles. The Labute approximate surface area is 153 Å². The second kappa shape index (κ2) is 6.31. The molecule has 4 rings (SSSR count). The quantitative estimate of drug-likeness (QED) is 0.585. The Morgan fingerprint density at radius 1 is 1.08 bits per heavy atom. The third-order valence-electron chi connectivity index (χ3n) is 3.88. The van der Waals surface area contributed by atoms with Crippen LogP contribution in [0.2, 0.25) is 10.0 Å². The molecule has 0 amide bonds. The Bertz CT molecular complexity index is 1080. The lowest BCUT2D eigenvalue weighted by atomic mass is 10.0. The van der Waals surface area contributed by atoms with Crippen LogP contribution in [0.15, 0.2) is 36.4 Å². The highest BCUT2D eigenvalue weighted by Crippen LogP contribution is 2.35. The van der Waals surface area contributed by atoms with Gasteiger partial charge in [0.25, 0.3) is 0 Å². The summed E-state index contributed by atoms with van der Waals surface area (Å²) in [5.74, 6) is 0.506. The summed E-state index contributed by atoms with van der Waals surface area (Å²) in [4.78, 5) is 0. The number of fused-ring (bicyclic) bond motifs is 1. The summed E-state index contributed by atoms with van der Waals surface area (Å²) in [5, 5.41) is 20.7. The molecule has 0 fully saturated rings. The molecule has 124 valence electrons. The second-order valence-corrected chi connectivity index (χ2v) is 6.28. The van der Waals surface area contributed by atoms with Crippen molar-refractivity contribution in [2.45, 2.75) is 0 Å². The van der Waals surface area contributed by atoms with Crippen molar-refractivity contribution in [2.75, 3.05) is 0 Å². The third kappa shape index (κ3) is 2.90. The molecule has 0 atom stereocenters. The fourth-order valence-electron chi connectivity index (χ4n) is 2.75. The first kappa shape index (κ1) is 15.8. The van der Waals surface area contributed by atoms with E-state index in [-0.39, 0.29) is 0 Å². The first-order valence-corrected chi connectivity index (χ1v) is 8.22. The number of hydrogen-bond acceptors (Lipinski definition) is 4. The van der Waals surface area contributed by atoms with Crippen LogP contribution in [0.1, 0.15) is 11.5 Å². The van der Waals surface area contributed by atoms with Gasteiger partial charge in [-0.2, -0.15) is 10.3 Å². The molecular formula is C17H12Cl2N6. The number of benzene rings is 2. The molecule has 1 N–H and O–H groups in total. The zero-order valence-corrected chi connectivity index (χ0v) is 14.6. The fraction of sp³-hybridized carbons (Fsp3) is 0.0588. The van der Waals surface area contributed by atoms with Crippen molar-refractivity contribution < 1.29 is 0 Å². The first-order valence-electron chi connectivity index (χ1n) is 7.46. The normalized spacial score (nSPS) is 11.6. The van der Waals surface area contributed by atoms with E-state index in [9.17, 15) is 0 Å². The second-order valence-electron chi connectivity index (χ2n) is 5.44. The van der Waals surface area contributed by atoms with E-state index in [1.54, 1.807) is 12.1 Å². The van der Waals surface area contributed by atoms with Gasteiger partial charge in [0.15, 0.2) is 5.82 Å². The SMILES string of the molecule is Cn1nc2c(-c3ccc(Cl)cc3Cl)cccc2c1/C=C/c1nn[nH]n1. The van der Waals surface area contributed by atoms with Crippen LogP contribution in [0.25, 0.3) is 34.2 Å². The van der Waals surface area contributed by atoms with Gasteiger partial charge in [-0.3, -0.25) is 4.68 Å². The highest BCUT2D eigenvalue weighted by atomic mass is 35.5. The molecule has 0 saturated carbocycles. The minimum absolute atomic E-state index is 0.506. The number of halogens is 2. The molecule has 6 nitrogen and oxygen atoms in total. The lowest BCUT2D eigenvalue weighted by molar-refractivity contribution is 0.771. The van der Waals surface area contributed by atoms with Crippen LogP contribution in [0.3, 0.4) is 0 Å². The van der Waals surface area contributed by atoms with Gasteiger partial charge < -0.3 is 0 Å². The maximum atomic E-state index is 6.38. The zero-order chi connectivity index (χ0) is 17.4. The van der Waals surface area contributed by atoms with Gasteiger partial charge in [0.05, 0.1) is 5.69 Å². The molecule has 25 heavy (non-hydrogen) atoms. The Kier molecular flexibility index (Phi) is 3.99. The Morgan fingerprint density at radius 3 is 2.72 bits per heavy atom. The predicted octanol–water partition coefficient (Wildman–Crippen LogP) is 4.23. The largest absolute Gasteiger partial charge is 0.267 e. The average Bonchev–Trinajstić information content (AvgIpc) is 3.20. The van der Waals surface area contributed by atoms with Gasteiger partial charge in [-0.05, 0) is 29.5 Å². The van der Waals surface area contributed by atoms with Crippen molar-refractivity contribution in [1.29, 1.82) is 0 Å². The van der Waals surface area contributed by atoms with Crippen LogP contribution < -0.4 is 0 Å². The van der Waals surface area contributed by atoms with E-state index < -0.39 is 0 Å². The standard InChI is InChI=1S/C17H12Cl2N6/c1-25-15(7-8-16-20-23-24-21-16)13-4-2-3-12(17(13)22-25)11-6-5-10(18)9-14(11)19/h2-9H,1H3,(H,20,21,23,24)/b8-7+. The summed E-state index contributed by atoms with van der Waals surface area (Å²) in [6.45, 7) is 0. The highest BCUT2D eigenvalue weighted by molar-refractivity contribution is 6.36.